The molecule has 6 nitrogen and oxygen atoms in total. The number of hydrogen-bond acceptors (Lipinski definition) is 5. The zero-order chi connectivity index (χ0) is 12.8. The minimum Gasteiger partial charge on any atom is -0.506 e. The number of pyridine rings is 1. The second-order valence-corrected chi connectivity index (χ2v) is 6.86. The lowest BCUT2D eigenvalue weighted by Crippen LogP contribution is -2.25. The zero-order valence-corrected chi connectivity index (χ0v) is 10.5. The van der Waals surface area contributed by atoms with Crippen molar-refractivity contribution in [1.29, 1.82) is 0 Å². The third-order valence-corrected chi connectivity index (χ3v) is 5.06. The topological polar surface area (TPSA) is 84.6 Å². The third kappa shape index (κ3) is 1.94. The van der Waals surface area contributed by atoms with Crippen molar-refractivity contribution < 1.29 is 13.5 Å². The van der Waals surface area contributed by atoms with Crippen LogP contribution in [0.3, 0.4) is 0 Å². The van der Waals surface area contributed by atoms with Crippen molar-refractivity contribution in [3.63, 3.8) is 0 Å². The average Bonchev–Trinajstić information content (AvgIpc) is 2.70. The summed E-state index contributed by atoms with van der Waals surface area (Å²) in [6.45, 7) is 0. The van der Waals surface area contributed by atoms with Crippen molar-refractivity contribution in [1.82, 2.24) is 14.6 Å². The van der Waals surface area contributed by atoms with E-state index in [0.717, 1.165) is 6.42 Å². The van der Waals surface area contributed by atoms with Crippen LogP contribution >= 0.6 is 0 Å². The number of hydrogen-bond donors (Lipinski definition) is 1. The Bertz CT molecular complexity index is 693. The summed E-state index contributed by atoms with van der Waals surface area (Å²) >= 11 is 0. The second kappa shape index (κ2) is 3.94. The van der Waals surface area contributed by atoms with Crippen LogP contribution in [0.5, 0.6) is 5.75 Å². The summed E-state index contributed by atoms with van der Waals surface area (Å²) in [6, 6.07) is 3.19. The molecule has 0 saturated carbocycles. The Balaban J connectivity index is 2.06. The van der Waals surface area contributed by atoms with E-state index in [1.54, 1.807) is 10.5 Å². The first-order valence-electron chi connectivity index (χ1n) is 5.79. The molecule has 3 heterocycles. The molecule has 1 fully saturated rings. The van der Waals surface area contributed by atoms with Gasteiger partial charge in [-0.2, -0.15) is 0 Å². The molecular weight excluding hydrogens is 254 g/mol. The van der Waals surface area contributed by atoms with E-state index in [-0.39, 0.29) is 23.2 Å². The van der Waals surface area contributed by atoms with Crippen LogP contribution in [0.25, 0.3) is 5.65 Å². The maximum Gasteiger partial charge on any atom is 0.161 e. The highest BCUT2D eigenvalue weighted by Gasteiger charge is 2.29. The monoisotopic (exact) mass is 267 g/mol. The van der Waals surface area contributed by atoms with Gasteiger partial charge in [-0.1, -0.05) is 0 Å². The molecule has 96 valence electrons. The first kappa shape index (κ1) is 11.5. The molecule has 0 spiro atoms. The predicted molar refractivity (Wildman–Crippen MR) is 65.3 cm³/mol. The number of sulfone groups is 1. The molecule has 2 aromatic rings. The number of aromatic hydroxyl groups is 1. The summed E-state index contributed by atoms with van der Waals surface area (Å²) in [6.07, 6.45) is 2.96. The van der Waals surface area contributed by atoms with E-state index >= 15 is 0 Å². The highest BCUT2D eigenvalue weighted by molar-refractivity contribution is 7.91. The Kier molecular flexibility index (Phi) is 2.51. The van der Waals surface area contributed by atoms with E-state index < -0.39 is 9.84 Å². The normalized spacial score (nSPS) is 23.2. The van der Waals surface area contributed by atoms with Crippen molar-refractivity contribution in [2.75, 3.05) is 11.5 Å². The van der Waals surface area contributed by atoms with Crippen LogP contribution in [0.2, 0.25) is 0 Å². The van der Waals surface area contributed by atoms with Crippen LogP contribution in [-0.4, -0.2) is 39.6 Å². The second-order valence-electron chi connectivity index (χ2n) is 4.63. The molecule has 0 aromatic carbocycles. The summed E-state index contributed by atoms with van der Waals surface area (Å²) in [5, 5.41) is 17.5. The third-order valence-electron chi connectivity index (χ3n) is 3.24. The summed E-state index contributed by atoms with van der Waals surface area (Å²) in [5.74, 6) is 0.960. The van der Waals surface area contributed by atoms with E-state index in [1.165, 1.54) is 12.3 Å². The van der Waals surface area contributed by atoms with Crippen molar-refractivity contribution in [3.05, 3.63) is 24.2 Å². The van der Waals surface area contributed by atoms with E-state index in [1.807, 2.05) is 0 Å². The van der Waals surface area contributed by atoms with Crippen LogP contribution in [-0.2, 0) is 9.84 Å². The molecule has 1 aliphatic rings. The van der Waals surface area contributed by atoms with Crippen molar-refractivity contribution in [3.8, 4) is 5.75 Å². The molecule has 1 aliphatic heterocycles. The van der Waals surface area contributed by atoms with Gasteiger partial charge in [0.2, 0.25) is 0 Å². The summed E-state index contributed by atoms with van der Waals surface area (Å²) in [7, 11) is -2.98. The Morgan fingerprint density at radius 1 is 1.33 bits per heavy atom. The molecule has 1 N–H and O–H groups in total. The molecule has 0 amide bonds. The molecule has 1 atom stereocenters. The van der Waals surface area contributed by atoms with Gasteiger partial charge in [-0.15, -0.1) is 10.2 Å². The van der Waals surface area contributed by atoms with Crippen LogP contribution in [0.4, 0.5) is 0 Å². The molecule has 1 saturated heterocycles. The largest absolute Gasteiger partial charge is 0.506 e. The fraction of sp³-hybridized carbons (Fsp3) is 0.455. The molecule has 0 radical (unpaired) electrons. The van der Waals surface area contributed by atoms with Gasteiger partial charge in [0.05, 0.1) is 17.7 Å². The summed E-state index contributed by atoms with van der Waals surface area (Å²) in [5.41, 5.74) is 0.616. The zero-order valence-electron chi connectivity index (χ0n) is 9.65. The highest BCUT2D eigenvalue weighted by Crippen LogP contribution is 2.27. The quantitative estimate of drug-likeness (QED) is 0.823. The fourth-order valence-electron chi connectivity index (χ4n) is 2.40. The standard InChI is InChI=1S/C11H13N3O3S/c15-9-3-4-10-12-13-11(14(10)6-9)8-2-1-5-18(16,17)7-8/h3-4,6,8,15H,1-2,5,7H2. The molecule has 7 heteroatoms. The number of rotatable bonds is 1. The Labute approximate surface area is 104 Å². The van der Waals surface area contributed by atoms with Gasteiger partial charge < -0.3 is 5.11 Å². The first-order valence-corrected chi connectivity index (χ1v) is 7.61. The average molecular weight is 267 g/mol. The van der Waals surface area contributed by atoms with Gasteiger partial charge in [0, 0.05) is 5.92 Å². The smallest absolute Gasteiger partial charge is 0.161 e. The van der Waals surface area contributed by atoms with Crippen LogP contribution in [0.15, 0.2) is 18.3 Å². The van der Waals surface area contributed by atoms with Gasteiger partial charge in [0.1, 0.15) is 11.6 Å². The maximum absolute atomic E-state index is 11.7. The lowest BCUT2D eigenvalue weighted by Gasteiger charge is -2.20. The van der Waals surface area contributed by atoms with Gasteiger partial charge in [0.25, 0.3) is 0 Å². The van der Waals surface area contributed by atoms with Crippen molar-refractivity contribution >= 4 is 15.5 Å². The van der Waals surface area contributed by atoms with Crippen molar-refractivity contribution in [2.24, 2.45) is 0 Å². The molecule has 3 rings (SSSR count). The fourth-order valence-corrected chi connectivity index (χ4v) is 4.10. The van der Waals surface area contributed by atoms with Gasteiger partial charge in [-0.3, -0.25) is 4.40 Å². The molecule has 0 aliphatic carbocycles. The Hall–Kier alpha value is -1.63. The number of aromatic nitrogens is 3. The predicted octanol–water partition coefficient (Wildman–Crippen LogP) is 0.727. The Morgan fingerprint density at radius 3 is 2.94 bits per heavy atom. The first-order chi connectivity index (χ1) is 8.55. The van der Waals surface area contributed by atoms with E-state index in [4.69, 9.17) is 0 Å². The van der Waals surface area contributed by atoms with Crippen LogP contribution in [0, 0.1) is 0 Å². The summed E-state index contributed by atoms with van der Waals surface area (Å²) in [4.78, 5) is 0. The lowest BCUT2D eigenvalue weighted by molar-refractivity contribution is 0.470. The van der Waals surface area contributed by atoms with E-state index in [0.29, 0.717) is 17.9 Å². The van der Waals surface area contributed by atoms with Gasteiger partial charge in [-0.25, -0.2) is 8.42 Å². The van der Waals surface area contributed by atoms with Crippen molar-refractivity contribution in [2.45, 2.75) is 18.8 Å². The van der Waals surface area contributed by atoms with Crippen LogP contribution in [0.1, 0.15) is 24.6 Å². The number of nitrogens with zero attached hydrogens (tertiary/aromatic N) is 3. The SMILES string of the molecule is O=S1(=O)CCCC(c2nnc3ccc(O)cn23)C1. The molecule has 2 aromatic heterocycles. The molecule has 1 unspecified atom stereocenters. The molecule has 18 heavy (non-hydrogen) atoms. The molecular formula is C11H13N3O3S. The van der Waals surface area contributed by atoms with Gasteiger partial charge >= 0.3 is 0 Å². The minimum atomic E-state index is -2.98. The van der Waals surface area contributed by atoms with E-state index in [2.05, 4.69) is 10.2 Å². The van der Waals surface area contributed by atoms with E-state index in [9.17, 15) is 13.5 Å². The van der Waals surface area contributed by atoms with Gasteiger partial charge in [-0.05, 0) is 25.0 Å². The highest BCUT2D eigenvalue weighted by atomic mass is 32.2. The maximum atomic E-state index is 11.7. The minimum absolute atomic E-state index is 0.113. The Morgan fingerprint density at radius 2 is 2.17 bits per heavy atom. The molecule has 0 bridgehead atoms. The lowest BCUT2D eigenvalue weighted by atomic mass is 10.1. The van der Waals surface area contributed by atoms with Crippen LogP contribution < -0.4 is 0 Å². The number of fused-ring (bicyclic) bond motifs is 1. The summed E-state index contributed by atoms with van der Waals surface area (Å²) < 4.78 is 25.0. The van der Waals surface area contributed by atoms with Gasteiger partial charge in [0.15, 0.2) is 15.5 Å².